The molecule has 2 heterocycles. The number of halogens is 4. The normalized spacial score (nSPS) is 20.5. The van der Waals surface area contributed by atoms with Crippen molar-refractivity contribution in [2.75, 3.05) is 6.61 Å². The molecule has 0 radical (unpaired) electrons. The first kappa shape index (κ1) is 15.6. The maximum Gasteiger partial charge on any atom is 0.522 e. The van der Waals surface area contributed by atoms with E-state index in [1.165, 1.54) is 4.68 Å². The van der Waals surface area contributed by atoms with Crippen LogP contribution in [0.15, 0.2) is 30.3 Å². The Balaban J connectivity index is 1.83. The van der Waals surface area contributed by atoms with Crippen molar-refractivity contribution in [1.29, 1.82) is 0 Å². The molecular weight excluding hydrogens is 318 g/mol. The van der Waals surface area contributed by atoms with E-state index in [2.05, 4.69) is 14.8 Å². The van der Waals surface area contributed by atoms with Gasteiger partial charge in [-0.3, -0.25) is 9.53 Å². The van der Waals surface area contributed by atoms with Crippen LogP contribution in [0.5, 0.6) is 0 Å². The van der Waals surface area contributed by atoms with Crippen LogP contribution in [-0.4, -0.2) is 33.5 Å². The topological polar surface area (TPSA) is 57.0 Å². The van der Waals surface area contributed by atoms with Gasteiger partial charge in [0.2, 0.25) is 11.6 Å². The molecule has 1 aliphatic heterocycles. The van der Waals surface area contributed by atoms with E-state index in [9.17, 15) is 22.4 Å². The summed E-state index contributed by atoms with van der Waals surface area (Å²) in [7, 11) is 0. The molecule has 0 saturated carbocycles. The number of Topliss-reactive ketones (excluding diaryl/α,β-unsaturated/α-hetero) is 1. The van der Waals surface area contributed by atoms with Crippen LogP contribution in [0.25, 0.3) is 0 Å². The van der Waals surface area contributed by atoms with Crippen LogP contribution in [0.2, 0.25) is 0 Å². The number of rotatable bonds is 4. The Morgan fingerprint density at radius 1 is 1.30 bits per heavy atom. The van der Waals surface area contributed by atoms with Gasteiger partial charge in [0.1, 0.15) is 6.61 Å². The second-order valence-electron chi connectivity index (χ2n) is 5.03. The van der Waals surface area contributed by atoms with E-state index in [4.69, 9.17) is 0 Å². The van der Waals surface area contributed by atoms with Crippen LogP contribution in [0.1, 0.15) is 40.6 Å². The predicted molar refractivity (Wildman–Crippen MR) is 69.4 cm³/mol. The quantitative estimate of drug-likeness (QED) is 0.639. The fourth-order valence-corrected chi connectivity index (χ4v) is 2.46. The number of alkyl halides is 4. The van der Waals surface area contributed by atoms with E-state index in [0.717, 1.165) is 5.56 Å². The molecule has 1 aromatic carbocycles. The van der Waals surface area contributed by atoms with E-state index >= 15 is 0 Å². The molecule has 3 rings (SSSR count). The average Bonchev–Trinajstić information content (AvgIpc) is 3.06. The smallest absolute Gasteiger partial charge is 0.288 e. The lowest BCUT2D eigenvalue weighted by Crippen LogP contribution is -2.21. The van der Waals surface area contributed by atoms with E-state index in [1.807, 2.05) is 0 Å². The van der Waals surface area contributed by atoms with Crippen LogP contribution in [-0.2, 0) is 4.74 Å². The summed E-state index contributed by atoms with van der Waals surface area (Å²) in [6, 6.07) is 8.47. The highest BCUT2D eigenvalue weighted by Crippen LogP contribution is 2.39. The molecule has 2 aromatic rings. The molecule has 0 N–H and O–H groups in total. The van der Waals surface area contributed by atoms with Crippen molar-refractivity contribution in [2.24, 2.45) is 0 Å². The number of benzene rings is 1. The number of hydrogen-bond acceptors (Lipinski definition) is 4. The van der Waals surface area contributed by atoms with Crippen molar-refractivity contribution in [3.63, 3.8) is 0 Å². The molecule has 122 valence electrons. The zero-order valence-electron chi connectivity index (χ0n) is 11.6. The molecule has 2 atom stereocenters. The molecule has 0 amide bonds. The molecule has 2 unspecified atom stereocenters. The number of carbonyl (C=O) groups excluding carboxylic acids is 1. The maximum absolute atomic E-state index is 14.1. The highest BCUT2D eigenvalue weighted by molar-refractivity contribution is 5.93. The summed E-state index contributed by atoms with van der Waals surface area (Å²) in [5, 5.41) is 3.87. The molecule has 0 bridgehead atoms. The van der Waals surface area contributed by atoms with Crippen molar-refractivity contribution < 1.29 is 27.1 Å². The Labute approximate surface area is 127 Å². The summed E-state index contributed by atoms with van der Waals surface area (Å²) in [6.45, 7) is -1.24. The zero-order valence-corrected chi connectivity index (χ0v) is 11.6. The minimum Gasteiger partial charge on any atom is -0.288 e. The number of carbonyl (C=O) groups is 1. The van der Waals surface area contributed by atoms with Gasteiger partial charge in [0.25, 0.3) is 0 Å². The van der Waals surface area contributed by atoms with Crippen molar-refractivity contribution in [3.05, 3.63) is 47.5 Å². The second-order valence-corrected chi connectivity index (χ2v) is 5.03. The Bertz CT molecular complexity index is 715. The molecule has 9 heteroatoms. The van der Waals surface area contributed by atoms with Crippen LogP contribution in [0.4, 0.5) is 17.6 Å². The number of nitrogens with zero attached hydrogens (tertiary/aromatic N) is 3. The highest BCUT2D eigenvalue weighted by atomic mass is 19.4. The third-order valence-corrected chi connectivity index (χ3v) is 3.46. The lowest BCUT2D eigenvalue weighted by Gasteiger charge is -2.11. The number of ether oxygens (including phenoxy) is 1. The molecule has 0 fully saturated rings. The van der Waals surface area contributed by atoms with Gasteiger partial charge < -0.3 is 0 Å². The van der Waals surface area contributed by atoms with Crippen molar-refractivity contribution in [1.82, 2.24) is 14.8 Å². The highest BCUT2D eigenvalue weighted by Gasteiger charge is 2.37. The minimum absolute atomic E-state index is 0.0609. The van der Waals surface area contributed by atoms with Gasteiger partial charge in [0, 0.05) is 6.42 Å². The molecule has 1 aliphatic rings. The van der Waals surface area contributed by atoms with Crippen LogP contribution < -0.4 is 0 Å². The third kappa shape index (κ3) is 3.24. The van der Waals surface area contributed by atoms with Crippen LogP contribution in [0, 0.1) is 0 Å². The van der Waals surface area contributed by atoms with Gasteiger partial charge in [-0.25, -0.2) is 14.1 Å². The molecule has 23 heavy (non-hydrogen) atoms. The number of aromatic nitrogens is 3. The number of ketones is 1. The largest absolute Gasteiger partial charge is 0.522 e. The maximum atomic E-state index is 14.1. The summed E-state index contributed by atoms with van der Waals surface area (Å²) in [6.07, 6.45) is -6.24. The Hall–Kier alpha value is -2.29. The third-order valence-electron chi connectivity index (χ3n) is 3.46. The van der Waals surface area contributed by atoms with Crippen molar-refractivity contribution in [2.45, 2.75) is 25.0 Å². The van der Waals surface area contributed by atoms with Gasteiger partial charge in [-0.1, -0.05) is 30.3 Å². The Kier molecular flexibility index (Phi) is 3.88. The molecular formula is C14H11F4N3O2. The fourth-order valence-electron chi connectivity index (χ4n) is 2.46. The summed E-state index contributed by atoms with van der Waals surface area (Å²) < 4.78 is 54.6. The van der Waals surface area contributed by atoms with Crippen molar-refractivity contribution in [3.8, 4) is 0 Å². The number of hydrogen-bond donors (Lipinski definition) is 0. The van der Waals surface area contributed by atoms with Gasteiger partial charge in [0.15, 0.2) is 12.0 Å². The van der Waals surface area contributed by atoms with E-state index < -0.39 is 36.8 Å². The zero-order chi connectivity index (χ0) is 16.6. The Morgan fingerprint density at radius 3 is 2.65 bits per heavy atom. The molecule has 0 spiro atoms. The average molecular weight is 329 g/mol. The van der Waals surface area contributed by atoms with Gasteiger partial charge in [0.05, 0.1) is 6.04 Å². The first-order valence-electron chi connectivity index (χ1n) is 6.74. The van der Waals surface area contributed by atoms with Crippen LogP contribution in [0.3, 0.4) is 0 Å². The Morgan fingerprint density at radius 2 is 2.00 bits per heavy atom. The first-order chi connectivity index (χ1) is 10.8. The fraction of sp³-hybridized carbons (Fsp3) is 0.357. The lowest BCUT2D eigenvalue weighted by molar-refractivity contribution is -0.319. The molecule has 1 aromatic heterocycles. The van der Waals surface area contributed by atoms with Gasteiger partial charge in [-0.05, 0) is 5.56 Å². The van der Waals surface area contributed by atoms with Gasteiger partial charge in [-0.2, -0.15) is 0 Å². The van der Waals surface area contributed by atoms with E-state index in [-0.39, 0.29) is 12.2 Å². The van der Waals surface area contributed by atoms with E-state index in [0.29, 0.717) is 0 Å². The summed E-state index contributed by atoms with van der Waals surface area (Å²) in [4.78, 5) is 15.4. The first-order valence-corrected chi connectivity index (χ1v) is 6.74. The molecule has 5 nitrogen and oxygen atoms in total. The summed E-state index contributed by atoms with van der Waals surface area (Å²) in [5.74, 6) is -1.59. The standard InChI is InChI=1S/C14H11F4N3O2/c15-9-6-10(8-4-2-1-3-5-8)21-13(9)19-12(20-21)11(22)7-23-14(16,17)18/h1-5,9-10H,6-7H2. The SMILES string of the molecule is O=C(COC(F)(F)F)c1nc2n(n1)C(c1ccccc1)CC2F. The molecule has 0 aliphatic carbocycles. The number of fused-ring (bicyclic) bond motifs is 1. The monoisotopic (exact) mass is 329 g/mol. The van der Waals surface area contributed by atoms with Gasteiger partial charge >= 0.3 is 6.36 Å². The van der Waals surface area contributed by atoms with Gasteiger partial charge in [-0.15, -0.1) is 18.3 Å². The predicted octanol–water partition coefficient (Wildman–Crippen LogP) is 3.00. The minimum atomic E-state index is -4.92. The second kappa shape index (κ2) is 5.73. The summed E-state index contributed by atoms with van der Waals surface area (Å²) >= 11 is 0. The molecule has 0 saturated heterocycles. The van der Waals surface area contributed by atoms with Crippen LogP contribution >= 0.6 is 0 Å². The summed E-state index contributed by atoms with van der Waals surface area (Å²) in [5.41, 5.74) is 0.782. The van der Waals surface area contributed by atoms with E-state index in [1.54, 1.807) is 30.3 Å². The lowest BCUT2D eigenvalue weighted by atomic mass is 10.0. The van der Waals surface area contributed by atoms with Crippen molar-refractivity contribution >= 4 is 5.78 Å².